The first-order chi connectivity index (χ1) is 10.5. The first-order valence-corrected chi connectivity index (χ1v) is 7.87. The Hall–Kier alpha value is -1.99. The number of carbonyl (C=O) groups excluding carboxylic acids is 2. The second-order valence-electron chi connectivity index (χ2n) is 5.44. The van der Waals surface area contributed by atoms with Crippen LogP contribution >= 0.6 is 11.3 Å². The molecule has 1 aliphatic rings. The van der Waals surface area contributed by atoms with Gasteiger partial charge in [0.1, 0.15) is 6.04 Å². The molecule has 1 saturated heterocycles. The second-order valence-corrected chi connectivity index (χ2v) is 6.45. The Morgan fingerprint density at radius 1 is 1.36 bits per heavy atom. The van der Waals surface area contributed by atoms with E-state index < -0.39 is 12.1 Å². The van der Waals surface area contributed by atoms with Gasteiger partial charge in [-0.1, -0.05) is 23.5 Å². The third-order valence-corrected chi connectivity index (χ3v) is 5.00. The van der Waals surface area contributed by atoms with Crippen LogP contribution in [0.5, 0.6) is 0 Å². The normalized spacial score (nSPS) is 22.5. The number of nitrogens with zero attached hydrogens (tertiary/aromatic N) is 3. The molecule has 7 heteroatoms. The third kappa shape index (κ3) is 2.57. The Morgan fingerprint density at radius 3 is 2.77 bits per heavy atom. The van der Waals surface area contributed by atoms with Crippen LogP contribution in [0.15, 0.2) is 29.3 Å². The number of aliphatic hydroxyl groups excluding tert-OH is 1. The minimum Gasteiger partial charge on any atom is -0.391 e. The summed E-state index contributed by atoms with van der Waals surface area (Å²) in [5.74, 6) is -0.597. The number of fused-ring (bicyclic) bond motifs is 1. The molecule has 0 radical (unpaired) electrons. The minimum absolute atomic E-state index is 0.194. The number of aromatic nitrogens is 1. The summed E-state index contributed by atoms with van der Waals surface area (Å²) in [6.07, 6.45) is -0.416. The van der Waals surface area contributed by atoms with E-state index in [0.29, 0.717) is 4.80 Å². The Bertz CT molecular complexity index is 808. The maximum Gasteiger partial charge on any atom is 0.271 e. The SMILES string of the molecule is CC(=O)N1C[C@@H](O)C[C@@H]1C(=O)N=c1sc2ccccc2n1C. The fraction of sp³-hybridized carbons (Fsp3) is 0.400. The zero-order valence-electron chi connectivity index (χ0n) is 12.4. The lowest BCUT2D eigenvalue weighted by Crippen LogP contribution is -2.39. The van der Waals surface area contributed by atoms with Crippen molar-refractivity contribution in [3.63, 3.8) is 0 Å². The van der Waals surface area contributed by atoms with Gasteiger partial charge in [0, 0.05) is 26.9 Å². The van der Waals surface area contributed by atoms with Crippen molar-refractivity contribution in [2.45, 2.75) is 25.5 Å². The Balaban J connectivity index is 1.98. The van der Waals surface area contributed by atoms with E-state index in [0.717, 1.165) is 10.2 Å². The quantitative estimate of drug-likeness (QED) is 0.838. The molecule has 1 fully saturated rings. The molecule has 22 heavy (non-hydrogen) atoms. The minimum atomic E-state index is -0.669. The smallest absolute Gasteiger partial charge is 0.271 e. The van der Waals surface area contributed by atoms with Gasteiger partial charge in [0.05, 0.1) is 16.3 Å². The van der Waals surface area contributed by atoms with Crippen LogP contribution in [0.3, 0.4) is 0 Å². The van der Waals surface area contributed by atoms with Crippen molar-refractivity contribution in [3.05, 3.63) is 29.1 Å². The lowest BCUT2D eigenvalue weighted by atomic mass is 10.2. The van der Waals surface area contributed by atoms with Crippen molar-refractivity contribution < 1.29 is 14.7 Å². The maximum absolute atomic E-state index is 12.4. The van der Waals surface area contributed by atoms with E-state index in [9.17, 15) is 14.7 Å². The highest BCUT2D eigenvalue weighted by Gasteiger charge is 2.37. The fourth-order valence-corrected chi connectivity index (χ4v) is 3.78. The molecule has 0 spiro atoms. The topological polar surface area (TPSA) is 74.9 Å². The number of para-hydroxylation sites is 1. The molecule has 0 unspecified atom stereocenters. The van der Waals surface area contributed by atoms with Crippen LogP contribution in [0.25, 0.3) is 10.2 Å². The molecule has 1 aromatic carbocycles. The highest BCUT2D eigenvalue weighted by molar-refractivity contribution is 7.16. The molecule has 1 aliphatic heterocycles. The molecule has 1 aromatic heterocycles. The zero-order valence-corrected chi connectivity index (χ0v) is 13.2. The summed E-state index contributed by atoms with van der Waals surface area (Å²) in [5.41, 5.74) is 1.01. The zero-order chi connectivity index (χ0) is 15.9. The molecule has 0 saturated carbocycles. The number of rotatable bonds is 1. The van der Waals surface area contributed by atoms with Gasteiger partial charge in [0.25, 0.3) is 5.91 Å². The van der Waals surface area contributed by atoms with Gasteiger partial charge in [-0.15, -0.1) is 0 Å². The average Bonchev–Trinajstić information content (AvgIpc) is 3.01. The average molecular weight is 319 g/mol. The van der Waals surface area contributed by atoms with E-state index in [2.05, 4.69) is 4.99 Å². The van der Waals surface area contributed by atoms with Gasteiger partial charge >= 0.3 is 0 Å². The van der Waals surface area contributed by atoms with Crippen LogP contribution < -0.4 is 4.80 Å². The van der Waals surface area contributed by atoms with Gasteiger partial charge in [-0.05, 0) is 12.1 Å². The van der Waals surface area contributed by atoms with Gasteiger partial charge in [0.2, 0.25) is 5.91 Å². The van der Waals surface area contributed by atoms with E-state index in [4.69, 9.17) is 0 Å². The molecule has 1 N–H and O–H groups in total. The van der Waals surface area contributed by atoms with Gasteiger partial charge in [-0.3, -0.25) is 9.59 Å². The lowest BCUT2D eigenvalue weighted by molar-refractivity contribution is -0.135. The number of hydrogen-bond acceptors (Lipinski definition) is 4. The van der Waals surface area contributed by atoms with Crippen LogP contribution in [0.2, 0.25) is 0 Å². The summed E-state index contributed by atoms with van der Waals surface area (Å²) in [6, 6.07) is 7.15. The largest absolute Gasteiger partial charge is 0.391 e. The van der Waals surface area contributed by atoms with E-state index in [1.54, 1.807) is 0 Å². The molecule has 2 atom stereocenters. The lowest BCUT2D eigenvalue weighted by Gasteiger charge is -2.19. The number of β-amino-alcohol motifs (C(OH)–C–C–N with tert-alkyl or cyclic N) is 1. The van der Waals surface area contributed by atoms with E-state index in [-0.39, 0.29) is 24.8 Å². The number of amides is 2. The number of thiazole rings is 1. The van der Waals surface area contributed by atoms with Gasteiger partial charge < -0.3 is 14.6 Å². The van der Waals surface area contributed by atoms with Crippen LogP contribution in [-0.2, 0) is 16.6 Å². The number of likely N-dealkylation sites (tertiary alicyclic amines) is 1. The summed E-state index contributed by atoms with van der Waals surface area (Å²) in [6.45, 7) is 1.59. The first kappa shape index (κ1) is 14.9. The molecule has 2 heterocycles. The molecular weight excluding hydrogens is 302 g/mol. The summed E-state index contributed by atoms with van der Waals surface area (Å²) in [5, 5.41) is 9.71. The van der Waals surface area contributed by atoms with Crippen molar-refractivity contribution in [2.75, 3.05) is 6.54 Å². The van der Waals surface area contributed by atoms with E-state index in [1.165, 1.54) is 23.2 Å². The first-order valence-electron chi connectivity index (χ1n) is 7.06. The number of carbonyl (C=O) groups is 2. The number of aliphatic hydroxyl groups is 1. The predicted octanol–water partition coefficient (Wildman–Crippen LogP) is 0.649. The third-order valence-electron chi connectivity index (χ3n) is 3.89. The summed E-state index contributed by atoms with van der Waals surface area (Å²) in [7, 11) is 1.86. The van der Waals surface area contributed by atoms with Crippen LogP contribution in [-0.4, -0.2) is 45.1 Å². The molecule has 0 aliphatic carbocycles. The second kappa shape index (κ2) is 5.66. The monoisotopic (exact) mass is 319 g/mol. The highest BCUT2D eigenvalue weighted by Crippen LogP contribution is 2.20. The molecule has 3 rings (SSSR count). The summed E-state index contributed by atoms with van der Waals surface area (Å²) in [4.78, 5) is 30.2. The maximum atomic E-state index is 12.4. The van der Waals surface area contributed by atoms with Gasteiger partial charge in [0.15, 0.2) is 4.80 Å². The Labute approximate surface area is 131 Å². The molecule has 2 amide bonds. The molecule has 0 bridgehead atoms. The van der Waals surface area contributed by atoms with E-state index in [1.807, 2.05) is 35.9 Å². The summed E-state index contributed by atoms with van der Waals surface area (Å²) < 4.78 is 2.91. The Kier molecular flexibility index (Phi) is 3.84. The highest BCUT2D eigenvalue weighted by atomic mass is 32.1. The van der Waals surface area contributed by atoms with Crippen molar-refractivity contribution in [1.29, 1.82) is 0 Å². The van der Waals surface area contributed by atoms with Crippen molar-refractivity contribution >= 4 is 33.4 Å². The molecule has 116 valence electrons. The Morgan fingerprint density at radius 2 is 2.09 bits per heavy atom. The standard InChI is InChI=1S/C15H17N3O3S/c1-9(19)18-8-10(20)7-12(18)14(21)16-15-17(2)11-5-3-4-6-13(11)22-15/h3-6,10,12,20H,7-8H2,1-2H3/t10-,12+/m0/s1. The number of hydrogen-bond donors (Lipinski definition) is 1. The van der Waals surface area contributed by atoms with Gasteiger partial charge in [-0.25, -0.2) is 0 Å². The molecular formula is C15H17N3O3S. The van der Waals surface area contributed by atoms with Crippen molar-refractivity contribution in [1.82, 2.24) is 9.47 Å². The van der Waals surface area contributed by atoms with Crippen molar-refractivity contribution in [2.24, 2.45) is 12.0 Å². The number of aryl methyl sites for hydroxylation is 1. The van der Waals surface area contributed by atoms with Crippen molar-refractivity contribution in [3.8, 4) is 0 Å². The van der Waals surface area contributed by atoms with Crippen LogP contribution in [0.4, 0.5) is 0 Å². The van der Waals surface area contributed by atoms with E-state index >= 15 is 0 Å². The van der Waals surface area contributed by atoms with Gasteiger partial charge in [-0.2, -0.15) is 4.99 Å². The van der Waals surface area contributed by atoms with Crippen LogP contribution in [0.1, 0.15) is 13.3 Å². The molecule has 6 nitrogen and oxygen atoms in total. The fourth-order valence-electron chi connectivity index (χ4n) is 2.75. The van der Waals surface area contributed by atoms with Crippen LogP contribution in [0, 0.1) is 0 Å². The predicted molar refractivity (Wildman–Crippen MR) is 83.2 cm³/mol. The molecule has 2 aromatic rings. The number of benzene rings is 1. The summed E-state index contributed by atoms with van der Waals surface area (Å²) >= 11 is 1.43.